The minimum absolute atomic E-state index is 0.0455. The van der Waals surface area contributed by atoms with Gasteiger partial charge in [-0.25, -0.2) is 9.80 Å². The highest BCUT2D eigenvalue weighted by Crippen LogP contribution is 2.41. The summed E-state index contributed by atoms with van der Waals surface area (Å²) in [4.78, 5) is 41.7. The van der Waals surface area contributed by atoms with E-state index in [4.69, 9.17) is 4.74 Å². The molecule has 12 heteroatoms. The molecular weight excluding hydrogens is 455 g/mol. The standard InChI is InChI=1S/C22H26F3N5O4/c1-3-29-16-12-30(13(2)19(31)27-28-8-10-34-11-9-28)20(32)17(16)18(26-21(29)33)14-6-4-5-7-15(14)22(23,24)25/h4-7,13,18H,3,8-12H2,1-2H3,(H,26,33)(H,27,31)/t13-,18-/m0/s1. The van der Waals surface area contributed by atoms with Gasteiger partial charge in [0.05, 0.1) is 42.6 Å². The zero-order valence-corrected chi connectivity index (χ0v) is 18.8. The zero-order chi connectivity index (χ0) is 24.6. The second kappa shape index (κ2) is 9.26. The van der Waals surface area contributed by atoms with Gasteiger partial charge in [0.2, 0.25) is 0 Å². The summed E-state index contributed by atoms with van der Waals surface area (Å²) < 4.78 is 46.4. The molecule has 2 atom stereocenters. The van der Waals surface area contributed by atoms with Gasteiger partial charge < -0.3 is 15.0 Å². The first-order chi connectivity index (χ1) is 16.1. The summed E-state index contributed by atoms with van der Waals surface area (Å²) in [7, 11) is 0. The third-order valence-corrected chi connectivity index (χ3v) is 6.27. The molecule has 0 bridgehead atoms. The van der Waals surface area contributed by atoms with E-state index in [0.717, 1.165) is 6.07 Å². The smallest absolute Gasteiger partial charge is 0.379 e. The average Bonchev–Trinajstić information content (AvgIpc) is 3.15. The number of ether oxygens (including phenoxy) is 1. The van der Waals surface area contributed by atoms with E-state index in [1.165, 1.54) is 28.0 Å². The van der Waals surface area contributed by atoms with Crippen molar-refractivity contribution in [1.29, 1.82) is 0 Å². The van der Waals surface area contributed by atoms with Crippen LogP contribution in [0.1, 0.15) is 31.0 Å². The van der Waals surface area contributed by atoms with Crippen LogP contribution in [-0.2, 0) is 20.5 Å². The van der Waals surface area contributed by atoms with E-state index in [2.05, 4.69) is 10.7 Å². The van der Waals surface area contributed by atoms with E-state index in [0.29, 0.717) is 32.0 Å². The number of nitrogens with one attached hydrogen (secondary N) is 2. The van der Waals surface area contributed by atoms with Crippen LogP contribution in [0.3, 0.4) is 0 Å². The Kier molecular flexibility index (Phi) is 6.54. The third kappa shape index (κ3) is 4.34. The highest BCUT2D eigenvalue weighted by Gasteiger charge is 2.48. The number of morpholine rings is 1. The molecule has 2 N–H and O–H groups in total. The molecule has 0 aliphatic carbocycles. The molecule has 4 rings (SSSR count). The average molecular weight is 481 g/mol. The molecule has 9 nitrogen and oxygen atoms in total. The molecule has 4 amide bonds. The summed E-state index contributed by atoms with van der Waals surface area (Å²) in [5.74, 6) is -1.01. The summed E-state index contributed by atoms with van der Waals surface area (Å²) >= 11 is 0. The SMILES string of the molecule is CCN1C(=O)N[C@@H](c2ccccc2C(F)(F)F)C2=C1CN([C@@H](C)C(=O)NN1CCOCC1)C2=O. The maximum atomic E-state index is 13.7. The molecule has 1 fully saturated rings. The largest absolute Gasteiger partial charge is 0.416 e. The minimum atomic E-state index is -4.67. The van der Waals surface area contributed by atoms with Crippen LogP contribution in [0.25, 0.3) is 0 Å². The predicted molar refractivity (Wildman–Crippen MR) is 114 cm³/mol. The molecule has 0 aromatic heterocycles. The van der Waals surface area contributed by atoms with Crippen LogP contribution >= 0.6 is 0 Å². The first kappa shape index (κ1) is 24.0. The van der Waals surface area contributed by atoms with Crippen molar-refractivity contribution in [3.05, 3.63) is 46.7 Å². The molecule has 3 aliphatic rings. The number of carbonyl (C=O) groups is 3. The van der Waals surface area contributed by atoms with E-state index in [-0.39, 0.29) is 24.2 Å². The Balaban J connectivity index is 1.65. The van der Waals surface area contributed by atoms with Crippen molar-refractivity contribution in [3.8, 4) is 0 Å². The van der Waals surface area contributed by atoms with Gasteiger partial charge >= 0.3 is 12.2 Å². The summed E-state index contributed by atoms with van der Waals surface area (Å²) in [6.07, 6.45) is -4.67. The predicted octanol–water partition coefficient (Wildman–Crippen LogP) is 1.64. The quantitative estimate of drug-likeness (QED) is 0.667. The van der Waals surface area contributed by atoms with Gasteiger partial charge in [0.1, 0.15) is 6.04 Å². The van der Waals surface area contributed by atoms with Gasteiger partial charge in [0.15, 0.2) is 0 Å². The van der Waals surface area contributed by atoms with Crippen LogP contribution in [0.4, 0.5) is 18.0 Å². The van der Waals surface area contributed by atoms with E-state index in [9.17, 15) is 27.6 Å². The van der Waals surface area contributed by atoms with E-state index in [1.54, 1.807) is 18.9 Å². The van der Waals surface area contributed by atoms with Gasteiger partial charge in [0, 0.05) is 19.6 Å². The fraction of sp³-hybridized carbons (Fsp3) is 0.500. The Labute approximate surface area is 194 Å². The second-order valence-corrected chi connectivity index (χ2v) is 8.26. The van der Waals surface area contributed by atoms with Gasteiger partial charge in [-0.2, -0.15) is 13.2 Å². The Bertz CT molecular complexity index is 1020. The Morgan fingerprint density at radius 1 is 1.24 bits per heavy atom. The van der Waals surface area contributed by atoms with Crippen molar-refractivity contribution in [2.75, 3.05) is 39.4 Å². The van der Waals surface area contributed by atoms with Crippen LogP contribution in [0.2, 0.25) is 0 Å². The van der Waals surface area contributed by atoms with Crippen molar-refractivity contribution in [1.82, 2.24) is 25.6 Å². The molecule has 0 unspecified atom stereocenters. The molecule has 0 radical (unpaired) electrons. The second-order valence-electron chi connectivity index (χ2n) is 8.26. The molecule has 184 valence electrons. The Hall–Kier alpha value is -3.12. The molecule has 1 saturated heterocycles. The van der Waals surface area contributed by atoms with Gasteiger partial charge in [0.25, 0.3) is 11.8 Å². The van der Waals surface area contributed by atoms with Crippen LogP contribution in [0, 0.1) is 0 Å². The van der Waals surface area contributed by atoms with Crippen LogP contribution in [-0.4, -0.2) is 78.1 Å². The number of likely N-dealkylation sites (N-methyl/N-ethyl adjacent to an activating group) is 1. The molecule has 1 aromatic carbocycles. The number of alkyl halides is 3. The molecule has 34 heavy (non-hydrogen) atoms. The normalized spacial score (nSPS) is 22.6. The topological polar surface area (TPSA) is 94.2 Å². The monoisotopic (exact) mass is 481 g/mol. The lowest BCUT2D eigenvalue weighted by molar-refractivity contribution is -0.140. The van der Waals surface area contributed by atoms with E-state index >= 15 is 0 Å². The number of hydrazine groups is 1. The number of hydrogen-bond acceptors (Lipinski definition) is 5. The van der Waals surface area contributed by atoms with Crippen molar-refractivity contribution in [2.45, 2.75) is 32.1 Å². The van der Waals surface area contributed by atoms with Crippen LogP contribution < -0.4 is 10.7 Å². The number of carbonyl (C=O) groups excluding carboxylic acids is 3. The fourth-order valence-corrected chi connectivity index (χ4v) is 4.47. The van der Waals surface area contributed by atoms with E-state index in [1.807, 2.05) is 0 Å². The van der Waals surface area contributed by atoms with E-state index < -0.39 is 41.7 Å². The van der Waals surface area contributed by atoms with Gasteiger partial charge in [-0.05, 0) is 25.5 Å². The van der Waals surface area contributed by atoms with Crippen molar-refractivity contribution < 1.29 is 32.3 Å². The molecule has 3 heterocycles. The van der Waals surface area contributed by atoms with Crippen molar-refractivity contribution >= 4 is 17.8 Å². The highest BCUT2D eigenvalue weighted by atomic mass is 19.4. The third-order valence-electron chi connectivity index (χ3n) is 6.27. The highest BCUT2D eigenvalue weighted by molar-refractivity contribution is 6.03. The number of rotatable bonds is 5. The molecule has 1 aromatic rings. The van der Waals surface area contributed by atoms with Gasteiger partial charge in [-0.3, -0.25) is 19.9 Å². The van der Waals surface area contributed by atoms with Gasteiger partial charge in [-0.1, -0.05) is 18.2 Å². The van der Waals surface area contributed by atoms with Crippen LogP contribution in [0.15, 0.2) is 35.5 Å². The number of benzene rings is 1. The van der Waals surface area contributed by atoms with Crippen LogP contribution in [0.5, 0.6) is 0 Å². The first-order valence-corrected chi connectivity index (χ1v) is 11.0. The summed E-state index contributed by atoms with van der Waals surface area (Å²) in [6.45, 7) is 5.34. The Morgan fingerprint density at radius 2 is 1.91 bits per heavy atom. The lowest BCUT2D eigenvalue weighted by Gasteiger charge is -2.33. The fourth-order valence-electron chi connectivity index (χ4n) is 4.47. The summed E-state index contributed by atoms with van der Waals surface area (Å²) in [6, 6.07) is 2.07. The number of nitrogens with zero attached hydrogens (tertiary/aromatic N) is 3. The number of urea groups is 1. The number of amides is 4. The summed E-state index contributed by atoms with van der Waals surface area (Å²) in [5, 5.41) is 4.26. The Morgan fingerprint density at radius 3 is 2.56 bits per heavy atom. The van der Waals surface area contributed by atoms with Crippen molar-refractivity contribution in [3.63, 3.8) is 0 Å². The lowest BCUT2D eigenvalue weighted by Crippen LogP contribution is -2.54. The van der Waals surface area contributed by atoms with Gasteiger partial charge in [-0.15, -0.1) is 0 Å². The lowest BCUT2D eigenvalue weighted by atomic mass is 9.91. The minimum Gasteiger partial charge on any atom is -0.379 e. The first-order valence-electron chi connectivity index (χ1n) is 11.0. The molecular formula is C22H26F3N5O4. The van der Waals surface area contributed by atoms with Crippen molar-refractivity contribution in [2.24, 2.45) is 0 Å². The number of hydrogen-bond donors (Lipinski definition) is 2. The zero-order valence-electron chi connectivity index (χ0n) is 18.8. The molecule has 3 aliphatic heterocycles. The molecule has 0 spiro atoms. The maximum Gasteiger partial charge on any atom is 0.416 e. The molecule has 0 saturated carbocycles. The number of halogens is 3. The maximum absolute atomic E-state index is 13.7. The summed E-state index contributed by atoms with van der Waals surface area (Å²) in [5.41, 5.74) is 1.97.